The van der Waals surface area contributed by atoms with Crippen LogP contribution in [-0.2, 0) is 25.7 Å². The summed E-state index contributed by atoms with van der Waals surface area (Å²) in [4.78, 5) is 44.5. The highest BCUT2D eigenvalue weighted by Crippen LogP contribution is 2.54. The van der Waals surface area contributed by atoms with Gasteiger partial charge in [0.2, 0.25) is 0 Å². The summed E-state index contributed by atoms with van der Waals surface area (Å²) in [5.41, 5.74) is 8.42. The van der Waals surface area contributed by atoms with E-state index in [1.807, 2.05) is 60.7 Å². The number of thioether (sulfide) groups is 1. The Labute approximate surface area is 229 Å². The van der Waals surface area contributed by atoms with Crippen molar-refractivity contribution in [2.75, 3.05) is 6.61 Å². The van der Waals surface area contributed by atoms with Crippen molar-refractivity contribution in [2.45, 2.75) is 35.8 Å². The smallest absolute Gasteiger partial charge is 0.404 e. The molecule has 3 N–H and O–H groups in total. The topological polar surface area (TPSA) is 132 Å². The molecule has 5 rings (SSSR count). The van der Waals surface area contributed by atoms with Crippen LogP contribution in [0.4, 0.5) is 4.79 Å². The average Bonchev–Trinajstić information content (AvgIpc) is 3.24. The zero-order chi connectivity index (χ0) is 27.6. The number of aliphatic hydroxyl groups excluding tert-OH is 1. The molecule has 9 nitrogen and oxygen atoms in total. The Balaban J connectivity index is 1.47. The fraction of sp³-hybridized carbons (Fsp3) is 0.241. The molecule has 10 heteroatoms. The van der Waals surface area contributed by atoms with Gasteiger partial charge in [0, 0.05) is 6.20 Å². The molecule has 200 valence electrons. The number of esters is 1. The second-order valence-electron chi connectivity index (χ2n) is 9.49. The number of rotatable bonds is 8. The van der Waals surface area contributed by atoms with Gasteiger partial charge >= 0.3 is 12.1 Å². The lowest BCUT2D eigenvalue weighted by Gasteiger charge is -2.40. The molecule has 39 heavy (non-hydrogen) atoms. The summed E-state index contributed by atoms with van der Waals surface area (Å²) in [7, 11) is 0. The molecule has 0 spiro atoms. The lowest BCUT2D eigenvalue weighted by molar-refractivity contribution is -0.161. The van der Waals surface area contributed by atoms with E-state index >= 15 is 0 Å². The summed E-state index contributed by atoms with van der Waals surface area (Å²) in [6.07, 6.45) is 1.52. The van der Waals surface area contributed by atoms with Crippen molar-refractivity contribution in [3.05, 3.63) is 107 Å². The van der Waals surface area contributed by atoms with Crippen LogP contribution in [0.25, 0.3) is 6.08 Å². The number of hydrogen-bond donors (Lipinski definition) is 2. The number of nitrogens with zero attached hydrogens (tertiary/aromatic N) is 2. The molecule has 0 aliphatic carbocycles. The van der Waals surface area contributed by atoms with Crippen LogP contribution >= 0.6 is 11.8 Å². The number of fused-ring (bicyclic) bond motifs is 1. The van der Waals surface area contributed by atoms with E-state index in [4.69, 9.17) is 15.2 Å². The first-order valence-electron chi connectivity index (χ1n) is 12.3. The van der Waals surface area contributed by atoms with Gasteiger partial charge < -0.3 is 25.2 Å². The van der Waals surface area contributed by atoms with Gasteiger partial charge in [0.1, 0.15) is 18.0 Å². The van der Waals surface area contributed by atoms with Crippen molar-refractivity contribution in [3.63, 3.8) is 0 Å². The first-order valence-corrected chi connectivity index (χ1v) is 13.2. The number of benzene rings is 2. The first-order chi connectivity index (χ1) is 18.8. The molecule has 3 aromatic rings. The van der Waals surface area contributed by atoms with Gasteiger partial charge in [-0.3, -0.25) is 9.78 Å². The minimum atomic E-state index is -1.04. The fourth-order valence-corrected chi connectivity index (χ4v) is 6.45. The summed E-state index contributed by atoms with van der Waals surface area (Å²) in [6, 6.07) is 21.0. The summed E-state index contributed by atoms with van der Waals surface area (Å²) < 4.78 is 10.2. The number of ether oxygens (including phenoxy) is 2. The Morgan fingerprint density at radius 2 is 1.77 bits per heavy atom. The summed E-state index contributed by atoms with van der Waals surface area (Å²) in [5, 5.41) is 8.96. The highest BCUT2D eigenvalue weighted by Gasteiger charge is 2.64. The normalized spacial score (nSPS) is 22.9. The molecule has 0 saturated carbocycles. The van der Waals surface area contributed by atoms with Crippen molar-refractivity contribution in [2.24, 2.45) is 5.73 Å². The SMILES string of the molecule is CC1(COC(N)=O)SC2/C(=C\c3cc(CO)ccn3)C(=O)N2[C@H]1C(=O)OC(c1ccccc1)c1ccccc1. The number of pyridine rings is 1. The van der Waals surface area contributed by atoms with Gasteiger partial charge in [0.15, 0.2) is 6.10 Å². The minimum Gasteiger partial charge on any atom is -0.451 e. The quantitative estimate of drug-likeness (QED) is 0.250. The van der Waals surface area contributed by atoms with Gasteiger partial charge in [-0.15, -0.1) is 11.8 Å². The number of β-lactam (4-membered cyclic amide) rings is 1. The molecule has 1 aromatic heterocycles. The van der Waals surface area contributed by atoms with Crippen LogP contribution in [-0.4, -0.2) is 55.7 Å². The van der Waals surface area contributed by atoms with E-state index < -0.39 is 34.3 Å². The molecule has 2 aromatic carbocycles. The van der Waals surface area contributed by atoms with Crippen LogP contribution in [0, 0.1) is 0 Å². The third-order valence-corrected chi connectivity index (χ3v) is 8.32. The third-order valence-electron chi connectivity index (χ3n) is 6.73. The van der Waals surface area contributed by atoms with Crippen molar-refractivity contribution in [1.82, 2.24) is 9.88 Å². The average molecular weight is 546 g/mol. The maximum atomic E-state index is 13.9. The molecule has 3 atom stereocenters. The second-order valence-corrected chi connectivity index (χ2v) is 11.1. The highest BCUT2D eigenvalue weighted by atomic mass is 32.2. The zero-order valence-electron chi connectivity index (χ0n) is 21.1. The Hall–Kier alpha value is -4.15. The molecular weight excluding hydrogens is 518 g/mol. The van der Waals surface area contributed by atoms with E-state index in [2.05, 4.69) is 4.98 Å². The van der Waals surface area contributed by atoms with Crippen molar-refractivity contribution in [3.8, 4) is 0 Å². The fourth-order valence-electron chi connectivity index (χ4n) is 4.85. The molecule has 2 saturated heterocycles. The van der Waals surface area contributed by atoms with Gasteiger partial charge in [0.05, 0.1) is 22.6 Å². The van der Waals surface area contributed by atoms with Gasteiger partial charge in [-0.05, 0) is 41.8 Å². The second kappa shape index (κ2) is 10.9. The van der Waals surface area contributed by atoms with Crippen LogP contribution in [0.5, 0.6) is 0 Å². The predicted molar refractivity (Wildman–Crippen MR) is 145 cm³/mol. The Kier molecular flexibility index (Phi) is 7.40. The van der Waals surface area contributed by atoms with Crippen LogP contribution < -0.4 is 5.73 Å². The van der Waals surface area contributed by atoms with E-state index in [1.165, 1.54) is 16.7 Å². The molecule has 0 bridgehead atoms. The summed E-state index contributed by atoms with van der Waals surface area (Å²) in [6.45, 7) is 1.40. The Bertz CT molecular complexity index is 1380. The molecule has 0 radical (unpaired) electrons. The number of primary amides is 1. The third kappa shape index (κ3) is 5.25. The monoisotopic (exact) mass is 545 g/mol. The van der Waals surface area contributed by atoms with E-state index in [1.54, 1.807) is 31.3 Å². The van der Waals surface area contributed by atoms with Gasteiger partial charge in [-0.1, -0.05) is 60.7 Å². The van der Waals surface area contributed by atoms with E-state index in [-0.39, 0.29) is 19.1 Å². The summed E-state index contributed by atoms with van der Waals surface area (Å²) >= 11 is 1.33. The first kappa shape index (κ1) is 26.5. The largest absolute Gasteiger partial charge is 0.451 e. The van der Waals surface area contributed by atoms with Gasteiger partial charge in [-0.2, -0.15) is 0 Å². The van der Waals surface area contributed by atoms with Crippen molar-refractivity contribution < 1.29 is 29.0 Å². The summed E-state index contributed by atoms with van der Waals surface area (Å²) in [5.74, 6) is -0.962. The predicted octanol–water partition coefficient (Wildman–Crippen LogP) is 3.43. The van der Waals surface area contributed by atoms with Gasteiger partial charge in [-0.25, -0.2) is 9.59 Å². The lowest BCUT2D eigenvalue weighted by atomic mass is 9.93. The number of carbonyl (C=O) groups excluding carboxylic acids is 3. The number of aliphatic hydroxyl groups is 1. The molecule has 2 unspecified atom stereocenters. The number of carbonyl (C=O) groups is 3. The molecular formula is C29H27N3O6S. The zero-order valence-corrected chi connectivity index (χ0v) is 21.9. The Morgan fingerprint density at radius 3 is 2.36 bits per heavy atom. The number of hydrogen-bond acceptors (Lipinski definition) is 8. The molecule has 2 aliphatic heterocycles. The van der Waals surface area contributed by atoms with Crippen LogP contribution in [0.15, 0.2) is 84.6 Å². The van der Waals surface area contributed by atoms with E-state index in [0.29, 0.717) is 16.8 Å². The highest BCUT2D eigenvalue weighted by molar-refractivity contribution is 8.02. The maximum absolute atomic E-state index is 13.9. The maximum Gasteiger partial charge on any atom is 0.404 e. The van der Waals surface area contributed by atoms with E-state index in [0.717, 1.165) is 11.1 Å². The minimum absolute atomic E-state index is 0.155. The van der Waals surface area contributed by atoms with E-state index in [9.17, 15) is 19.5 Å². The number of nitrogens with two attached hydrogens (primary N) is 1. The van der Waals surface area contributed by atoms with Crippen LogP contribution in [0.1, 0.15) is 35.4 Å². The van der Waals surface area contributed by atoms with Gasteiger partial charge in [0.25, 0.3) is 5.91 Å². The number of amides is 2. The molecule has 3 heterocycles. The van der Waals surface area contributed by atoms with Crippen LogP contribution in [0.2, 0.25) is 0 Å². The molecule has 2 aliphatic rings. The Morgan fingerprint density at radius 1 is 1.13 bits per heavy atom. The molecule has 2 fully saturated rings. The lowest BCUT2D eigenvalue weighted by Crippen LogP contribution is -2.60. The standard InChI is InChI=1S/C29H27N3O6S/c1-29(17-37-28(30)36)24(27(35)38-23(19-8-4-2-5-9-19)20-10-6-3-7-11-20)32-25(34)22(26(32)39-29)15-21-14-18(16-33)12-13-31-21/h2-15,23-24,26,33H,16-17H2,1H3,(H2,30,36)/b22-15-/t24-,26?,29?/m0/s1. The molecule has 2 amide bonds. The van der Waals surface area contributed by atoms with Crippen molar-refractivity contribution in [1.29, 1.82) is 0 Å². The van der Waals surface area contributed by atoms with Crippen LogP contribution in [0.3, 0.4) is 0 Å². The van der Waals surface area contributed by atoms with Crippen molar-refractivity contribution >= 4 is 35.8 Å². The number of aromatic nitrogens is 1.